The Morgan fingerprint density at radius 3 is 2.31 bits per heavy atom. The van der Waals surface area contributed by atoms with Crippen molar-refractivity contribution in [3.63, 3.8) is 0 Å². The van der Waals surface area contributed by atoms with Crippen molar-refractivity contribution in [2.45, 2.75) is 49.3 Å². The van der Waals surface area contributed by atoms with Gasteiger partial charge in [-0.2, -0.15) is 0 Å². The van der Waals surface area contributed by atoms with Crippen LogP contribution in [0.4, 0.5) is 0 Å². The maximum absolute atomic E-state index is 11.6. The first kappa shape index (κ1) is 9.46. The van der Waals surface area contributed by atoms with Crippen LogP contribution in [-0.2, 0) is 9.84 Å². The van der Waals surface area contributed by atoms with Crippen LogP contribution in [0.15, 0.2) is 0 Å². The molecule has 76 valence electrons. The van der Waals surface area contributed by atoms with Crippen molar-refractivity contribution in [2.24, 2.45) is 5.73 Å². The first-order valence-electron chi connectivity index (χ1n) is 5.02. The van der Waals surface area contributed by atoms with E-state index in [9.17, 15) is 8.42 Å². The van der Waals surface area contributed by atoms with Gasteiger partial charge in [-0.3, -0.25) is 0 Å². The Labute approximate surface area is 79.6 Å². The molecule has 4 heteroatoms. The Hall–Kier alpha value is -0.0900. The molecule has 0 heterocycles. The van der Waals surface area contributed by atoms with E-state index in [1.165, 1.54) is 0 Å². The molecule has 0 aromatic heterocycles. The van der Waals surface area contributed by atoms with Crippen molar-refractivity contribution in [1.29, 1.82) is 0 Å². The lowest BCUT2D eigenvalue weighted by Gasteiger charge is -2.25. The van der Waals surface area contributed by atoms with E-state index in [4.69, 9.17) is 5.73 Å². The Balaban J connectivity index is 1.85. The quantitative estimate of drug-likeness (QED) is 0.736. The second kappa shape index (κ2) is 2.95. The lowest BCUT2D eigenvalue weighted by atomic mass is 10.00. The van der Waals surface area contributed by atoms with Gasteiger partial charge in [-0.25, -0.2) is 8.42 Å². The van der Waals surface area contributed by atoms with Crippen LogP contribution in [0, 0.1) is 0 Å². The predicted molar refractivity (Wildman–Crippen MR) is 52.2 cm³/mol. The topological polar surface area (TPSA) is 60.2 Å². The molecule has 0 atom stereocenters. The lowest BCUT2D eigenvalue weighted by molar-refractivity contribution is 0.473. The van der Waals surface area contributed by atoms with Gasteiger partial charge in [0.15, 0.2) is 9.84 Å². The highest BCUT2D eigenvalue weighted by Gasteiger charge is 2.40. The predicted octanol–water partition coefficient (Wildman–Crippen LogP) is 0.835. The van der Waals surface area contributed by atoms with E-state index >= 15 is 0 Å². The number of sulfone groups is 1. The second-order valence-electron chi connectivity index (χ2n) is 4.53. The third kappa shape index (κ3) is 2.05. The summed E-state index contributed by atoms with van der Waals surface area (Å²) in [7, 11) is -2.80. The third-order valence-corrected chi connectivity index (χ3v) is 5.60. The molecular weight excluding hydrogens is 186 g/mol. The van der Waals surface area contributed by atoms with E-state index in [0.29, 0.717) is 12.2 Å². The van der Waals surface area contributed by atoms with Crippen LogP contribution in [-0.4, -0.2) is 25.0 Å². The monoisotopic (exact) mass is 203 g/mol. The van der Waals surface area contributed by atoms with Gasteiger partial charge in [-0.1, -0.05) is 6.42 Å². The lowest BCUT2D eigenvalue weighted by Crippen LogP contribution is -2.33. The van der Waals surface area contributed by atoms with Gasteiger partial charge < -0.3 is 5.73 Å². The SMILES string of the molecule is NC1(CCS(=O)(=O)C2CCC2)CC1. The van der Waals surface area contributed by atoms with Crippen LogP contribution >= 0.6 is 0 Å². The van der Waals surface area contributed by atoms with Crippen LogP contribution in [0.5, 0.6) is 0 Å². The molecule has 0 saturated heterocycles. The standard InChI is InChI=1S/C9H17NO2S/c10-9(4-5-9)6-7-13(11,12)8-2-1-3-8/h8H,1-7,10H2. The largest absolute Gasteiger partial charge is 0.325 e. The summed E-state index contributed by atoms with van der Waals surface area (Å²) in [4.78, 5) is 0. The first-order chi connectivity index (χ1) is 6.02. The van der Waals surface area contributed by atoms with Gasteiger partial charge in [0.2, 0.25) is 0 Å². The van der Waals surface area contributed by atoms with Crippen molar-refractivity contribution < 1.29 is 8.42 Å². The van der Waals surface area contributed by atoms with Gasteiger partial charge in [0.05, 0.1) is 11.0 Å². The van der Waals surface area contributed by atoms with Gasteiger partial charge in [-0.05, 0) is 32.1 Å². The number of hydrogen-bond acceptors (Lipinski definition) is 3. The molecule has 2 N–H and O–H groups in total. The van der Waals surface area contributed by atoms with Crippen molar-refractivity contribution in [2.75, 3.05) is 5.75 Å². The van der Waals surface area contributed by atoms with Crippen LogP contribution in [0.2, 0.25) is 0 Å². The van der Waals surface area contributed by atoms with E-state index < -0.39 is 9.84 Å². The molecule has 0 radical (unpaired) electrons. The minimum absolute atomic E-state index is 0.0325. The maximum atomic E-state index is 11.6. The Morgan fingerprint density at radius 1 is 1.31 bits per heavy atom. The van der Waals surface area contributed by atoms with E-state index in [1.54, 1.807) is 0 Å². The van der Waals surface area contributed by atoms with Crippen LogP contribution in [0.25, 0.3) is 0 Å². The van der Waals surface area contributed by atoms with E-state index in [2.05, 4.69) is 0 Å². The highest BCUT2D eigenvalue weighted by atomic mass is 32.2. The highest BCUT2D eigenvalue weighted by Crippen LogP contribution is 2.37. The summed E-state index contributed by atoms with van der Waals surface area (Å²) in [5.41, 5.74) is 5.73. The molecule has 13 heavy (non-hydrogen) atoms. The Morgan fingerprint density at radius 2 is 1.92 bits per heavy atom. The molecule has 0 aliphatic heterocycles. The zero-order valence-electron chi connectivity index (χ0n) is 7.83. The first-order valence-corrected chi connectivity index (χ1v) is 6.74. The molecule has 0 unspecified atom stereocenters. The smallest absolute Gasteiger partial charge is 0.153 e. The van der Waals surface area contributed by atoms with Crippen LogP contribution in [0.3, 0.4) is 0 Å². The Kier molecular flexibility index (Phi) is 2.15. The average molecular weight is 203 g/mol. The van der Waals surface area contributed by atoms with Gasteiger partial charge in [-0.15, -0.1) is 0 Å². The van der Waals surface area contributed by atoms with Crippen molar-refractivity contribution in [3.05, 3.63) is 0 Å². The molecule has 0 aromatic carbocycles. The van der Waals surface area contributed by atoms with Crippen LogP contribution in [0.1, 0.15) is 38.5 Å². The second-order valence-corrected chi connectivity index (χ2v) is 6.93. The summed E-state index contributed by atoms with van der Waals surface area (Å²) in [6, 6.07) is 0. The molecule has 2 rings (SSSR count). The number of hydrogen-bond donors (Lipinski definition) is 1. The van der Waals surface area contributed by atoms with Gasteiger partial charge >= 0.3 is 0 Å². The zero-order valence-corrected chi connectivity index (χ0v) is 8.65. The molecule has 2 aliphatic carbocycles. The summed E-state index contributed by atoms with van der Waals surface area (Å²) in [6.07, 6.45) is 5.52. The molecule has 0 spiro atoms. The highest BCUT2D eigenvalue weighted by molar-refractivity contribution is 7.92. The Bertz CT molecular complexity index is 289. The summed E-state index contributed by atoms with van der Waals surface area (Å²) in [6.45, 7) is 0. The molecule has 0 bridgehead atoms. The molecule has 2 aliphatic rings. The molecule has 2 fully saturated rings. The fourth-order valence-corrected chi connectivity index (χ4v) is 3.73. The maximum Gasteiger partial charge on any atom is 0.153 e. The fourth-order valence-electron chi connectivity index (χ4n) is 1.65. The van der Waals surface area contributed by atoms with E-state index in [-0.39, 0.29) is 10.8 Å². The number of rotatable bonds is 4. The zero-order chi connectivity index (χ0) is 9.53. The fraction of sp³-hybridized carbons (Fsp3) is 1.00. The van der Waals surface area contributed by atoms with Gasteiger partial charge in [0.25, 0.3) is 0 Å². The number of nitrogens with two attached hydrogens (primary N) is 1. The minimum atomic E-state index is -2.80. The minimum Gasteiger partial charge on any atom is -0.325 e. The molecule has 2 saturated carbocycles. The van der Waals surface area contributed by atoms with E-state index in [1.807, 2.05) is 0 Å². The van der Waals surface area contributed by atoms with Crippen molar-refractivity contribution in [1.82, 2.24) is 0 Å². The van der Waals surface area contributed by atoms with Gasteiger partial charge in [0, 0.05) is 5.54 Å². The third-order valence-electron chi connectivity index (χ3n) is 3.34. The molecule has 0 aromatic rings. The van der Waals surface area contributed by atoms with E-state index in [0.717, 1.165) is 32.1 Å². The van der Waals surface area contributed by atoms with Gasteiger partial charge in [0.1, 0.15) is 0 Å². The normalized spacial score (nSPS) is 26.8. The average Bonchev–Trinajstić information content (AvgIpc) is 2.61. The summed E-state index contributed by atoms with van der Waals surface area (Å²) in [5.74, 6) is 0.314. The summed E-state index contributed by atoms with van der Waals surface area (Å²) >= 11 is 0. The van der Waals surface area contributed by atoms with Crippen molar-refractivity contribution >= 4 is 9.84 Å². The molecule has 0 amide bonds. The summed E-state index contributed by atoms with van der Waals surface area (Å²) in [5, 5.41) is -0.0325. The molecule has 3 nitrogen and oxygen atoms in total. The van der Waals surface area contributed by atoms with Crippen molar-refractivity contribution in [3.8, 4) is 0 Å². The van der Waals surface area contributed by atoms with Crippen LogP contribution < -0.4 is 5.73 Å². The molecular formula is C9H17NO2S. The summed E-state index contributed by atoms with van der Waals surface area (Å²) < 4.78 is 23.3.